The molecule has 2 aliphatic heterocycles. The van der Waals surface area contributed by atoms with Crippen molar-refractivity contribution in [1.29, 1.82) is 0 Å². The van der Waals surface area contributed by atoms with E-state index in [1.807, 2.05) is 4.90 Å². The van der Waals surface area contributed by atoms with Crippen LogP contribution < -0.4 is 15.8 Å². The van der Waals surface area contributed by atoms with Gasteiger partial charge < -0.3 is 14.8 Å². The van der Waals surface area contributed by atoms with Gasteiger partial charge in [0, 0.05) is 38.1 Å². The number of nitrogens with one attached hydrogen (secondary N) is 3. The molecular formula is C25H29FN8O2. The fraction of sp³-hybridized carbons (Fsp3) is 0.480. The third-order valence-electron chi connectivity index (χ3n) is 7.78. The van der Waals surface area contributed by atoms with E-state index in [1.54, 1.807) is 29.6 Å². The number of aromatic nitrogens is 4. The minimum atomic E-state index is -0.515. The van der Waals surface area contributed by atoms with Crippen LogP contribution in [0.25, 0.3) is 11.2 Å². The van der Waals surface area contributed by atoms with E-state index < -0.39 is 5.82 Å². The summed E-state index contributed by atoms with van der Waals surface area (Å²) in [7, 11) is 0. The average molecular weight is 493 g/mol. The predicted molar refractivity (Wildman–Crippen MR) is 130 cm³/mol. The van der Waals surface area contributed by atoms with Gasteiger partial charge in [-0.2, -0.15) is 4.98 Å². The van der Waals surface area contributed by atoms with Crippen molar-refractivity contribution in [1.82, 2.24) is 35.7 Å². The molecule has 3 N–H and O–H groups in total. The molecule has 4 heterocycles. The van der Waals surface area contributed by atoms with Gasteiger partial charge in [-0.15, -0.1) is 0 Å². The number of anilines is 1. The summed E-state index contributed by atoms with van der Waals surface area (Å²) in [6, 6.07) is 4.86. The van der Waals surface area contributed by atoms with Crippen LogP contribution in [0.15, 0.2) is 30.7 Å². The highest BCUT2D eigenvalue weighted by atomic mass is 19.1. The number of aromatic amines is 1. The van der Waals surface area contributed by atoms with Crippen molar-refractivity contribution in [2.45, 2.75) is 38.1 Å². The molecule has 1 aliphatic carbocycles. The van der Waals surface area contributed by atoms with Crippen LogP contribution in [0.4, 0.5) is 10.3 Å². The smallest absolute Gasteiger partial charge is 0.256 e. The van der Waals surface area contributed by atoms with Crippen LogP contribution in [-0.2, 0) is 11.2 Å². The summed E-state index contributed by atoms with van der Waals surface area (Å²) in [5.74, 6) is 0.105. The van der Waals surface area contributed by atoms with E-state index in [0.29, 0.717) is 44.2 Å². The molecule has 36 heavy (non-hydrogen) atoms. The molecule has 11 heteroatoms. The molecule has 3 unspecified atom stereocenters. The number of benzene rings is 1. The van der Waals surface area contributed by atoms with E-state index in [-0.39, 0.29) is 35.3 Å². The maximum atomic E-state index is 14.8. The summed E-state index contributed by atoms with van der Waals surface area (Å²) in [4.78, 5) is 45.2. The van der Waals surface area contributed by atoms with Crippen molar-refractivity contribution >= 4 is 28.9 Å². The minimum Gasteiger partial charge on any atom is -0.342 e. The van der Waals surface area contributed by atoms with Gasteiger partial charge in [-0.05, 0) is 42.9 Å². The van der Waals surface area contributed by atoms with Crippen molar-refractivity contribution in [3.8, 4) is 0 Å². The van der Waals surface area contributed by atoms with E-state index in [4.69, 9.17) is 0 Å². The minimum absolute atomic E-state index is 0.0283. The van der Waals surface area contributed by atoms with Crippen LogP contribution >= 0.6 is 0 Å². The predicted octanol–water partition coefficient (Wildman–Crippen LogP) is 1.81. The first-order valence-electron chi connectivity index (χ1n) is 12.6. The summed E-state index contributed by atoms with van der Waals surface area (Å²) in [5, 5.41) is 0. The Hall–Kier alpha value is -3.60. The number of H-pyrrole nitrogens is 1. The number of piperazine rings is 1. The Morgan fingerprint density at radius 1 is 1.11 bits per heavy atom. The third-order valence-corrected chi connectivity index (χ3v) is 7.78. The van der Waals surface area contributed by atoms with Crippen LogP contribution in [0.1, 0.15) is 41.6 Å². The van der Waals surface area contributed by atoms with Crippen LogP contribution in [0.5, 0.6) is 0 Å². The summed E-state index contributed by atoms with van der Waals surface area (Å²) < 4.78 is 14.8. The first-order valence-corrected chi connectivity index (χ1v) is 12.6. The van der Waals surface area contributed by atoms with Crippen molar-refractivity contribution in [2.75, 3.05) is 31.1 Å². The summed E-state index contributed by atoms with van der Waals surface area (Å²) >= 11 is 0. The summed E-state index contributed by atoms with van der Waals surface area (Å²) in [6.45, 7) is 2.00. The van der Waals surface area contributed by atoms with E-state index in [2.05, 4.69) is 30.8 Å². The highest BCUT2D eigenvalue weighted by Crippen LogP contribution is 2.35. The number of hydrazine groups is 1. The molecule has 2 amide bonds. The van der Waals surface area contributed by atoms with Gasteiger partial charge in [0.2, 0.25) is 11.9 Å². The van der Waals surface area contributed by atoms with Gasteiger partial charge in [0.1, 0.15) is 11.3 Å². The third kappa shape index (κ3) is 4.27. The van der Waals surface area contributed by atoms with Crippen molar-refractivity contribution in [3.05, 3.63) is 47.7 Å². The van der Waals surface area contributed by atoms with Crippen LogP contribution in [0.3, 0.4) is 0 Å². The molecule has 3 aromatic rings. The molecular weight excluding hydrogens is 463 g/mol. The largest absolute Gasteiger partial charge is 0.342 e. The molecule has 3 atom stereocenters. The zero-order valence-electron chi connectivity index (χ0n) is 19.9. The Kier molecular flexibility index (Phi) is 6.00. The van der Waals surface area contributed by atoms with Crippen LogP contribution in [0, 0.1) is 17.7 Å². The molecule has 10 nitrogen and oxygen atoms in total. The Morgan fingerprint density at radius 2 is 1.94 bits per heavy atom. The molecule has 6 rings (SSSR count). The van der Waals surface area contributed by atoms with Gasteiger partial charge in [0.15, 0.2) is 5.65 Å². The molecule has 2 saturated heterocycles. The summed E-state index contributed by atoms with van der Waals surface area (Å²) in [6.07, 6.45) is 8.02. The SMILES string of the molecule is O=C1NNC(Cc2ccc(F)c(C(=O)N3CCN(c4ncc5[nH]cnc5n4)CC3)c2)C2CCCCC12. The number of imidazole rings is 1. The van der Waals surface area contributed by atoms with E-state index in [0.717, 1.165) is 36.8 Å². The number of hydrogen-bond acceptors (Lipinski definition) is 7. The van der Waals surface area contributed by atoms with E-state index in [1.165, 1.54) is 6.07 Å². The molecule has 3 aliphatic rings. The van der Waals surface area contributed by atoms with Gasteiger partial charge in [-0.1, -0.05) is 18.9 Å². The number of carbonyl (C=O) groups excluding carboxylic acids is 2. The van der Waals surface area contributed by atoms with E-state index in [9.17, 15) is 14.0 Å². The molecule has 0 spiro atoms. The average Bonchev–Trinajstić information content (AvgIpc) is 3.39. The molecule has 0 radical (unpaired) electrons. The van der Waals surface area contributed by atoms with Crippen molar-refractivity contribution < 1.29 is 14.0 Å². The maximum absolute atomic E-state index is 14.8. The standard InChI is InChI=1S/C25H29FN8O2/c26-19-6-5-15(12-20-16-3-1-2-4-17(16)23(35)32-31-20)11-18(19)24(36)33-7-9-34(10-8-33)25-27-13-21-22(30-25)29-14-28-21/h5-6,11,13-14,16-17,20,31H,1-4,7-10,12H2,(H,32,35)(H,27,28,29,30). The Balaban J connectivity index is 1.13. The molecule has 2 aromatic heterocycles. The van der Waals surface area contributed by atoms with Crippen LogP contribution in [-0.4, -0.2) is 68.9 Å². The zero-order valence-corrected chi connectivity index (χ0v) is 19.9. The van der Waals surface area contributed by atoms with Crippen LogP contribution in [0.2, 0.25) is 0 Å². The number of amides is 2. The van der Waals surface area contributed by atoms with Crippen molar-refractivity contribution in [3.63, 3.8) is 0 Å². The Labute approximate surface area is 207 Å². The number of carbonyl (C=O) groups is 2. The first kappa shape index (κ1) is 22.8. The zero-order chi connectivity index (χ0) is 24.6. The molecule has 1 saturated carbocycles. The normalized spacial score (nSPS) is 24.5. The molecule has 1 aromatic carbocycles. The fourth-order valence-corrected chi connectivity index (χ4v) is 5.81. The lowest BCUT2D eigenvalue weighted by atomic mass is 9.72. The van der Waals surface area contributed by atoms with Gasteiger partial charge in [-0.25, -0.2) is 19.8 Å². The quantitative estimate of drug-likeness (QED) is 0.508. The number of fused-ring (bicyclic) bond motifs is 2. The van der Waals surface area contributed by atoms with Gasteiger partial charge in [0.25, 0.3) is 5.91 Å². The van der Waals surface area contributed by atoms with Gasteiger partial charge in [-0.3, -0.25) is 15.0 Å². The topological polar surface area (TPSA) is 119 Å². The van der Waals surface area contributed by atoms with E-state index >= 15 is 0 Å². The Morgan fingerprint density at radius 3 is 2.81 bits per heavy atom. The molecule has 3 fully saturated rings. The fourth-order valence-electron chi connectivity index (χ4n) is 5.81. The highest BCUT2D eigenvalue weighted by Gasteiger charge is 2.40. The number of rotatable bonds is 4. The lowest BCUT2D eigenvalue weighted by Crippen LogP contribution is -2.60. The summed E-state index contributed by atoms with van der Waals surface area (Å²) in [5.41, 5.74) is 8.33. The second kappa shape index (κ2) is 9.45. The second-order valence-electron chi connectivity index (χ2n) is 9.90. The first-order chi connectivity index (χ1) is 17.6. The molecule has 188 valence electrons. The van der Waals surface area contributed by atoms with Gasteiger partial charge >= 0.3 is 0 Å². The van der Waals surface area contributed by atoms with Crippen molar-refractivity contribution in [2.24, 2.45) is 11.8 Å². The number of hydrogen-bond donors (Lipinski definition) is 3. The maximum Gasteiger partial charge on any atom is 0.256 e. The lowest BCUT2D eigenvalue weighted by molar-refractivity contribution is -0.133. The lowest BCUT2D eigenvalue weighted by Gasteiger charge is -2.41. The second-order valence-corrected chi connectivity index (χ2v) is 9.90. The number of nitrogens with zero attached hydrogens (tertiary/aromatic N) is 5. The monoisotopic (exact) mass is 492 g/mol. The highest BCUT2D eigenvalue weighted by molar-refractivity contribution is 5.95. The Bertz CT molecular complexity index is 1290. The number of halogens is 1. The molecule has 0 bridgehead atoms. The van der Waals surface area contributed by atoms with Gasteiger partial charge in [0.05, 0.1) is 18.1 Å².